The Morgan fingerprint density at radius 3 is 2.48 bits per heavy atom. The number of pyridine rings is 1. The quantitative estimate of drug-likeness (QED) is 0.916. The fraction of sp³-hybridized carbons (Fsp3) is 0.235. The third-order valence-electron chi connectivity index (χ3n) is 3.23. The lowest BCUT2D eigenvalue weighted by Crippen LogP contribution is -2.22. The number of ether oxygens (including phenoxy) is 1. The Morgan fingerprint density at radius 2 is 1.87 bits per heavy atom. The van der Waals surface area contributed by atoms with E-state index in [1.54, 1.807) is 56.8 Å². The minimum Gasteiger partial charge on any atom is -0.496 e. The maximum Gasteiger partial charge on any atom is 0.257 e. The van der Waals surface area contributed by atoms with E-state index in [2.05, 4.69) is 10.3 Å². The van der Waals surface area contributed by atoms with Crippen LogP contribution in [0.5, 0.6) is 5.75 Å². The molecule has 0 saturated carbocycles. The number of nitrogens with zero attached hydrogens (tertiary/aromatic N) is 2. The molecule has 6 nitrogen and oxygen atoms in total. The number of hydrogen-bond acceptors (Lipinski definition) is 4. The van der Waals surface area contributed by atoms with E-state index < -0.39 is 0 Å². The number of aromatic nitrogens is 1. The molecule has 0 aliphatic rings. The second kappa shape index (κ2) is 7.40. The van der Waals surface area contributed by atoms with Crippen LogP contribution in [0.2, 0.25) is 0 Å². The van der Waals surface area contributed by atoms with Crippen LogP contribution in [0.4, 0.5) is 5.69 Å². The van der Waals surface area contributed by atoms with Crippen LogP contribution < -0.4 is 10.1 Å². The highest BCUT2D eigenvalue weighted by molar-refractivity contribution is 5.99. The summed E-state index contributed by atoms with van der Waals surface area (Å²) in [7, 11) is 4.83. The summed E-state index contributed by atoms with van der Waals surface area (Å²) in [4.78, 5) is 29.6. The first kappa shape index (κ1) is 16.5. The second-order valence-electron chi connectivity index (χ2n) is 5.20. The Labute approximate surface area is 135 Å². The van der Waals surface area contributed by atoms with Gasteiger partial charge in [0.25, 0.3) is 5.91 Å². The van der Waals surface area contributed by atoms with Crippen molar-refractivity contribution in [2.75, 3.05) is 26.5 Å². The largest absolute Gasteiger partial charge is 0.496 e. The van der Waals surface area contributed by atoms with Crippen LogP contribution in [0.15, 0.2) is 42.7 Å². The maximum absolute atomic E-state index is 12.2. The topological polar surface area (TPSA) is 71.5 Å². The summed E-state index contributed by atoms with van der Waals surface area (Å²) in [5.74, 6) is 0.118. The van der Waals surface area contributed by atoms with Gasteiger partial charge in [-0.2, -0.15) is 0 Å². The van der Waals surface area contributed by atoms with Crippen molar-refractivity contribution in [2.24, 2.45) is 0 Å². The van der Waals surface area contributed by atoms with E-state index in [1.165, 1.54) is 12.0 Å². The number of hydrogen-bond donors (Lipinski definition) is 1. The van der Waals surface area contributed by atoms with Crippen LogP contribution in [0.1, 0.15) is 15.9 Å². The molecule has 0 aliphatic heterocycles. The smallest absolute Gasteiger partial charge is 0.257 e. The van der Waals surface area contributed by atoms with E-state index in [9.17, 15) is 9.59 Å². The zero-order chi connectivity index (χ0) is 16.8. The molecule has 23 heavy (non-hydrogen) atoms. The zero-order valence-electron chi connectivity index (χ0n) is 13.4. The molecule has 0 unspecified atom stereocenters. The first-order valence-corrected chi connectivity index (χ1v) is 7.09. The lowest BCUT2D eigenvalue weighted by molar-refractivity contribution is -0.115. The molecule has 0 aliphatic carbocycles. The van der Waals surface area contributed by atoms with E-state index in [-0.39, 0.29) is 18.2 Å². The summed E-state index contributed by atoms with van der Waals surface area (Å²) in [6, 6.07) is 8.56. The molecule has 0 saturated heterocycles. The minimum absolute atomic E-state index is 0.162. The second-order valence-corrected chi connectivity index (χ2v) is 5.20. The van der Waals surface area contributed by atoms with Gasteiger partial charge in [0.05, 0.1) is 19.1 Å². The van der Waals surface area contributed by atoms with Gasteiger partial charge in [0.15, 0.2) is 0 Å². The zero-order valence-corrected chi connectivity index (χ0v) is 13.4. The monoisotopic (exact) mass is 313 g/mol. The molecule has 0 spiro atoms. The van der Waals surface area contributed by atoms with Gasteiger partial charge in [-0.1, -0.05) is 0 Å². The van der Waals surface area contributed by atoms with Crippen LogP contribution in [0.3, 0.4) is 0 Å². The Morgan fingerprint density at radius 1 is 1.17 bits per heavy atom. The molecule has 0 radical (unpaired) electrons. The highest BCUT2D eigenvalue weighted by atomic mass is 16.5. The Bertz CT molecular complexity index is 699. The third kappa shape index (κ3) is 4.29. The number of amides is 2. The summed E-state index contributed by atoms with van der Waals surface area (Å²) < 4.78 is 5.21. The Kier molecular flexibility index (Phi) is 5.30. The van der Waals surface area contributed by atoms with Gasteiger partial charge >= 0.3 is 0 Å². The molecule has 2 rings (SSSR count). The normalized spacial score (nSPS) is 10.0. The molecule has 2 aromatic rings. The third-order valence-corrected chi connectivity index (χ3v) is 3.23. The highest BCUT2D eigenvalue weighted by Gasteiger charge is 2.15. The molecule has 1 aromatic carbocycles. The van der Waals surface area contributed by atoms with E-state index in [1.807, 2.05) is 0 Å². The number of methoxy groups -OCH3 is 1. The molecule has 6 heteroatoms. The Hall–Kier alpha value is -2.89. The van der Waals surface area contributed by atoms with Crippen LogP contribution in [-0.2, 0) is 11.2 Å². The molecule has 0 fully saturated rings. The number of carbonyl (C=O) groups is 2. The molecular weight excluding hydrogens is 294 g/mol. The van der Waals surface area contributed by atoms with Crippen molar-refractivity contribution in [1.29, 1.82) is 0 Å². The van der Waals surface area contributed by atoms with Crippen molar-refractivity contribution in [3.63, 3.8) is 0 Å². The molecule has 0 bridgehead atoms. The van der Waals surface area contributed by atoms with Crippen molar-refractivity contribution in [2.45, 2.75) is 6.42 Å². The van der Waals surface area contributed by atoms with E-state index in [4.69, 9.17) is 4.74 Å². The van der Waals surface area contributed by atoms with Gasteiger partial charge in [-0.15, -0.1) is 0 Å². The average molecular weight is 313 g/mol. The summed E-state index contributed by atoms with van der Waals surface area (Å²) in [5, 5.41) is 2.79. The number of nitrogens with one attached hydrogen (secondary N) is 1. The number of rotatable bonds is 5. The molecule has 0 atom stereocenters. The van der Waals surface area contributed by atoms with Crippen molar-refractivity contribution in [3.05, 3.63) is 53.9 Å². The highest BCUT2D eigenvalue weighted by Crippen LogP contribution is 2.23. The number of benzene rings is 1. The van der Waals surface area contributed by atoms with Crippen molar-refractivity contribution in [1.82, 2.24) is 9.88 Å². The van der Waals surface area contributed by atoms with Crippen LogP contribution in [0.25, 0.3) is 0 Å². The van der Waals surface area contributed by atoms with E-state index >= 15 is 0 Å². The molecule has 1 N–H and O–H groups in total. The lowest BCUT2D eigenvalue weighted by Gasteiger charge is -2.15. The predicted molar refractivity (Wildman–Crippen MR) is 87.6 cm³/mol. The summed E-state index contributed by atoms with van der Waals surface area (Å²) in [5.41, 5.74) is 1.82. The predicted octanol–water partition coefficient (Wildman–Crippen LogP) is 1.97. The summed E-state index contributed by atoms with van der Waals surface area (Å²) in [6.45, 7) is 0. The van der Waals surface area contributed by atoms with E-state index in [0.717, 1.165) is 5.56 Å². The summed E-state index contributed by atoms with van der Waals surface area (Å²) >= 11 is 0. The van der Waals surface area contributed by atoms with Crippen molar-refractivity contribution in [3.8, 4) is 5.75 Å². The molecule has 120 valence electrons. The Balaban J connectivity index is 2.15. The van der Waals surface area contributed by atoms with Gasteiger partial charge in [-0.05, 0) is 35.9 Å². The molecule has 2 amide bonds. The van der Waals surface area contributed by atoms with Gasteiger partial charge in [-0.3, -0.25) is 14.6 Å². The maximum atomic E-state index is 12.2. The van der Waals surface area contributed by atoms with Crippen molar-refractivity contribution < 1.29 is 14.3 Å². The van der Waals surface area contributed by atoms with Gasteiger partial charge in [-0.25, -0.2) is 0 Å². The molecular formula is C17H19N3O3. The lowest BCUT2D eigenvalue weighted by atomic mass is 10.1. The SMILES string of the molecule is COc1ccc(NC(=O)Cc2ccncc2)cc1C(=O)N(C)C. The number of carbonyl (C=O) groups excluding carboxylic acids is 2. The van der Waals surface area contributed by atoms with E-state index in [0.29, 0.717) is 17.0 Å². The fourth-order valence-electron chi connectivity index (χ4n) is 2.08. The van der Waals surface area contributed by atoms with Gasteiger partial charge in [0, 0.05) is 32.2 Å². The minimum atomic E-state index is -0.188. The standard InChI is InChI=1S/C17H19N3O3/c1-20(2)17(22)14-11-13(4-5-15(14)23-3)19-16(21)10-12-6-8-18-9-7-12/h4-9,11H,10H2,1-3H3,(H,19,21). The average Bonchev–Trinajstić information content (AvgIpc) is 2.54. The van der Waals surface area contributed by atoms with Crippen LogP contribution in [-0.4, -0.2) is 42.9 Å². The first-order valence-electron chi connectivity index (χ1n) is 7.09. The van der Waals surface area contributed by atoms with Gasteiger partial charge in [0.2, 0.25) is 5.91 Å². The van der Waals surface area contributed by atoms with Crippen LogP contribution >= 0.6 is 0 Å². The first-order chi connectivity index (χ1) is 11.0. The summed E-state index contributed by atoms with van der Waals surface area (Å²) in [6.07, 6.45) is 3.53. The van der Waals surface area contributed by atoms with Crippen LogP contribution in [0, 0.1) is 0 Å². The molecule has 1 aromatic heterocycles. The van der Waals surface area contributed by atoms with Gasteiger partial charge < -0.3 is 15.0 Å². The molecule has 1 heterocycles. The fourth-order valence-corrected chi connectivity index (χ4v) is 2.08. The number of anilines is 1. The van der Waals surface area contributed by atoms with Gasteiger partial charge in [0.1, 0.15) is 5.75 Å². The van der Waals surface area contributed by atoms with Crippen molar-refractivity contribution >= 4 is 17.5 Å².